The molecule has 162 valence electrons. The minimum atomic E-state index is -3.97. The van der Waals surface area contributed by atoms with Gasteiger partial charge in [0.2, 0.25) is 5.91 Å². The molecule has 0 heterocycles. The number of nitrogens with one attached hydrogen (secondary N) is 1. The zero-order valence-corrected chi connectivity index (χ0v) is 18.8. The summed E-state index contributed by atoms with van der Waals surface area (Å²) in [6.45, 7) is 1.70. The zero-order chi connectivity index (χ0) is 22.4. The first kappa shape index (κ1) is 22.7. The highest BCUT2D eigenvalue weighted by Gasteiger charge is 2.27. The Morgan fingerprint density at radius 3 is 2.29 bits per heavy atom. The summed E-state index contributed by atoms with van der Waals surface area (Å²) in [6.07, 6.45) is 0. The van der Waals surface area contributed by atoms with Gasteiger partial charge in [0.15, 0.2) is 0 Å². The lowest BCUT2D eigenvalue weighted by molar-refractivity contribution is -0.119. The number of anilines is 1. The number of carbonyl (C=O) groups is 1. The molecule has 0 fully saturated rings. The van der Waals surface area contributed by atoms with Gasteiger partial charge in [0.05, 0.1) is 17.7 Å². The van der Waals surface area contributed by atoms with Crippen LogP contribution in [0.25, 0.3) is 0 Å². The van der Waals surface area contributed by atoms with Gasteiger partial charge in [-0.05, 0) is 49.4 Å². The van der Waals surface area contributed by atoms with Crippen LogP contribution in [0, 0.1) is 6.92 Å². The molecule has 6 nitrogen and oxygen atoms in total. The number of halogens is 1. The third-order valence-corrected chi connectivity index (χ3v) is 6.72. The molecule has 3 rings (SSSR count). The average molecular weight is 459 g/mol. The lowest BCUT2D eigenvalue weighted by Crippen LogP contribution is -2.40. The van der Waals surface area contributed by atoms with E-state index in [2.05, 4.69) is 5.32 Å². The number of methoxy groups -OCH3 is 1. The van der Waals surface area contributed by atoms with Crippen LogP contribution in [-0.2, 0) is 21.4 Å². The van der Waals surface area contributed by atoms with E-state index in [4.69, 9.17) is 16.3 Å². The van der Waals surface area contributed by atoms with Crippen LogP contribution in [0.15, 0.2) is 77.7 Å². The predicted molar refractivity (Wildman–Crippen MR) is 122 cm³/mol. The third-order valence-electron chi connectivity index (χ3n) is 4.68. The molecule has 0 atom stereocenters. The van der Waals surface area contributed by atoms with Crippen molar-refractivity contribution in [3.8, 4) is 5.75 Å². The van der Waals surface area contributed by atoms with Crippen molar-refractivity contribution in [3.63, 3.8) is 0 Å². The van der Waals surface area contributed by atoms with E-state index in [1.807, 2.05) is 25.1 Å². The summed E-state index contributed by atoms with van der Waals surface area (Å²) in [5.74, 6) is 0.196. The molecule has 3 aromatic carbocycles. The van der Waals surface area contributed by atoms with Crippen molar-refractivity contribution in [1.29, 1.82) is 0 Å². The van der Waals surface area contributed by atoms with E-state index < -0.39 is 15.9 Å². The molecule has 0 bridgehead atoms. The largest absolute Gasteiger partial charge is 0.496 e. The maximum absolute atomic E-state index is 13.3. The number of sulfonamides is 1. The van der Waals surface area contributed by atoms with Crippen LogP contribution >= 0.6 is 11.6 Å². The number of amides is 1. The fourth-order valence-electron chi connectivity index (χ4n) is 2.99. The Labute approximate surface area is 187 Å². The molecule has 0 saturated heterocycles. The van der Waals surface area contributed by atoms with Crippen LogP contribution in [0.4, 0.5) is 5.69 Å². The summed E-state index contributed by atoms with van der Waals surface area (Å²) in [6, 6.07) is 20.1. The number of benzene rings is 3. The van der Waals surface area contributed by atoms with Crippen molar-refractivity contribution in [2.24, 2.45) is 0 Å². The summed E-state index contributed by atoms with van der Waals surface area (Å²) >= 11 is 5.96. The van der Waals surface area contributed by atoms with Crippen LogP contribution in [0.5, 0.6) is 5.75 Å². The summed E-state index contributed by atoms with van der Waals surface area (Å²) in [7, 11) is -2.42. The van der Waals surface area contributed by atoms with Gasteiger partial charge in [0.1, 0.15) is 12.3 Å². The minimum absolute atomic E-state index is 0.102. The second kappa shape index (κ2) is 9.85. The number of aryl methyl sites for hydroxylation is 1. The Hall–Kier alpha value is -3.03. The van der Waals surface area contributed by atoms with Crippen molar-refractivity contribution in [2.75, 3.05) is 18.0 Å². The SMILES string of the molecule is COc1ccccc1CNC(=O)CN(c1ccc(Cl)cc1)S(=O)(=O)c1ccc(C)cc1. The number of nitrogens with zero attached hydrogens (tertiary/aromatic N) is 1. The molecule has 31 heavy (non-hydrogen) atoms. The van der Waals surface area contributed by atoms with E-state index in [9.17, 15) is 13.2 Å². The van der Waals surface area contributed by atoms with Crippen molar-refractivity contribution < 1.29 is 17.9 Å². The van der Waals surface area contributed by atoms with Crippen molar-refractivity contribution in [3.05, 3.63) is 88.9 Å². The molecule has 0 spiro atoms. The van der Waals surface area contributed by atoms with Gasteiger partial charge < -0.3 is 10.1 Å². The number of ether oxygens (including phenoxy) is 1. The Kier molecular flexibility index (Phi) is 7.20. The van der Waals surface area contributed by atoms with E-state index in [0.29, 0.717) is 16.5 Å². The van der Waals surface area contributed by atoms with E-state index in [1.54, 1.807) is 49.6 Å². The molecule has 8 heteroatoms. The van der Waals surface area contributed by atoms with Gasteiger partial charge in [0.25, 0.3) is 10.0 Å². The number of para-hydroxylation sites is 1. The second-order valence-corrected chi connectivity index (χ2v) is 9.19. The van der Waals surface area contributed by atoms with Crippen LogP contribution < -0.4 is 14.4 Å². The molecule has 1 amide bonds. The Morgan fingerprint density at radius 2 is 1.65 bits per heavy atom. The first-order chi connectivity index (χ1) is 14.8. The molecule has 3 aromatic rings. The molecular weight excluding hydrogens is 436 g/mol. The first-order valence-corrected chi connectivity index (χ1v) is 11.4. The van der Waals surface area contributed by atoms with Gasteiger partial charge in [-0.15, -0.1) is 0 Å². The van der Waals surface area contributed by atoms with Crippen LogP contribution in [0.1, 0.15) is 11.1 Å². The molecule has 0 saturated carbocycles. The smallest absolute Gasteiger partial charge is 0.264 e. The highest BCUT2D eigenvalue weighted by molar-refractivity contribution is 7.92. The standard InChI is InChI=1S/C23H23ClN2O4S/c1-17-7-13-21(14-8-17)31(28,29)26(20-11-9-19(24)10-12-20)16-23(27)25-15-18-5-3-4-6-22(18)30-2/h3-14H,15-16H2,1-2H3,(H,25,27). The molecule has 0 aliphatic carbocycles. The summed E-state index contributed by atoms with van der Waals surface area (Å²) in [5, 5.41) is 3.24. The summed E-state index contributed by atoms with van der Waals surface area (Å²) in [5.41, 5.74) is 2.07. The molecule has 1 N–H and O–H groups in total. The Balaban J connectivity index is 1.85. The van der Waals surface area contributed by atoms with E-state index >= 15 is 0 Å². The van der Waals surface area contributed by atoms with Gasteiger partial charge in [0, 0.05) is 17.1 Å². The lowest BCUT2D eigenvalue weighted by Gasteiger charge is -2.24. The highest BCUT2D eigenvalue weighted by atomic mass is 35.5. The number of rotatable bonds is 8. The van der Waals surface area contributed by atoms with E-state index in [0.717, 1.165) is 15.4 Å². The number of hydrogen-bond donors (Lipinski definition) is 1. The number of carbonyl (C=O) groups excluding carboxylic acids is 1. The molecule has 0 aromatic heterocycles. The van der Waals surface area contributed by atoms with Gasteiger partial charge in [-0.25, -0.2) is 8.42 Å². The first-order valence-electron chi connectivity index (χ1n) is 9.55. The minimum Gasteiger partial charge on any atom is -0.496 e. The van der Waals surface area contributed by atoms with Gasteiger partial charge in [-0.1, -0.05) is 47.5 Å². The lowest BCUT2D eigenvalue weighted by atomic mass is 10.2. The van der Waals surface area contributed by atoms with Crippen LogP contribution in [0.3, 0.4) is 0 Å². The summed E-state index contributed by atoms with van der Waals surface area (Å²) < 4.78 is 33.0. The second-order valence-electron chi connectivity index (χ2n) is 6.89. The maximum Gasteiger partial charge on any atom is 0.264 e. The third kappa shape index (κ3) is 5.57. The topological polar surface area (TPSA) is 75.7 Å². The molecule has 0 unspecified atom stereocenters. The maximum atomic E-state index is 13.3. The highest BCUT2D eigenvalue weighted by Crippen LogP contribution is 2.25. The quantitative estimate of drug-likeness (QED) is 0.549. The fourth-order valence-corrected chi connectivity index (χ4v) is 4.54. The van der Waals surface area contributed by atoms with Crippen molar-refractivity contribution in [2.45, 2.75) is 18.4 Å². The molecule has 0 radical (unpaired) electrons. The van der Waals surface area contributed by atoms with Gasteiger partial charge >= 0.3 is 0 Å². The Morgan fingerprint density at radius 1 is 1.00 bits per heavy atom. The predicted octanol–water partition coefficient (Wildman–Crippen LogP) is 4.17. The van der Waals surface area contributed by atoms with Crippen LogP contribution in [0.2, 0.25) is 5.02 Å². The van der Waals surface area contributed by atoms with E-state index in [-0.39, 0.29) is 18.0 Å². The molecule has 0 aliphatic heterocycles. The van der Waals surface area contributed by atoms with Gasteiger partial charge in [-0.2, -0.15) is 0 Å². The van der Waals surface area contributed by atoms with Crippen molar-refractivity contribution >= 4 is 33.2 Å². The summed E-state index contributed by atoms with van der Waals surface area (Å²) in [4.78, 5) is 12.8. The number of hydrogen-bond acceptors (Lipinski definition) is 4. The normalized spacial score (nSPS) is 11.1. The Bertz CT molecular complexity index is 1150. The van der Waals surface area contributed by atoms with Crippen LogP contribution in [-0.4, -0.2) is 28.0 Å². The van der Waals surface area contributed by atoms with Crippen molar-refractivity contribution in [1.82, 2.24) is 5.32 Å². The average Bonchev–Trinajstić information content (AvgIpc) is 2.77. The van der Waals surface area contributed by atoms with E-state index in [1.165, 1.54) is 12.1 Å². The molecule has 0 aliphatic rings. The zero-order valence-electron chi connectivity index (χ0n) is 17.2. The van der Waals surface area contributed by atoms with Gasteiger partial charge in [-0.3, -0.25) is 9.10 Å². The fraction of sp³-hybridized carbons (Fsp3) is 0.174. The molecular formula is C23H23ClN2O4S. The monoisotopic (exact) mass is 458 g/mol.